The number of hydrogen-bond acceptors (Lipinski definition) is 7. The third-order valence-corrected chi connectivity index (χ3v) is 4.39. The minimum Gasteiger partial charge on any atom is -0.456 e. The van der Waals surface area contributed by atoms with Crippen molar-refractivity contribution < 1.29 is 23.8 Å². The first-order chi connectivity index (χ1) is 11.8. The fraction of sp³-hybridized carbons (Fsp3) is 0.467. The van der Waals surface area contributed by atoms with Gasteiger partial charge in [0.05, 0.1) is 16.5 Å². The van der Waals surface area contributed by atoms with Crippen LogP contribution in [-0.2, 0) is 23.8 Å². The van der Waals surface area contributed by atoms with Gasteiger partial charge in [-0.1, -0.05) is 23.2 Å². The van der Waals surface area contributed by atoms with E-state index in [9.17, 15) is 9.59 Å². The molecule has 2 aromatic rings. The van der Waals surface area contributed by atoms with E-state index in [-0.39, 0.29) is 5.15 Å². The highest BCUT2D eigenvalue weighted by atomic mass is 35.5. The van der Waals surface area contributed by atoms with Gasteiger partial charge in [0.2, 0.25) is 0 Å². The van der Waals surface area contributed by atoms with Crippen molar-refractivity contribution in [1.82, 2.24) is 14.5 Å². The van der Waals surface area contributed by atoms with Gasteiger partial charge in [-0.15, -0.1) is 0 Å². The summed E-state index contributed by atoms with van der Waals surface area (Å²) in [5.41, 5.74) is 0.419. The molecule has 3 rings (SSSR count). The van der Waals surface area contributed by atoms with Crippen molar-refractivity contribution in [3.8, 4) is 0 Å². The van der Waals surface area contributed by atoms with Crippen LogP contribution in [0.25, 0.3) is 11.0 Å². The fourth-order valence-corrected chi connectivity index (χ4v) is 3.46. The molecular formula is C15H15Cl2N3O5. The van der Waals surface area contributed by atoms with Crippen molar-refractivity contribution in [3.05, 3.63) is 22.7 Å². The average Bonchev–Trinajstić information content (AvgIpc) is 2.99. The molecule has 1 saturated heterocycles. The first kappa shape index (κ1) is 17.9. The number of esters is 2. The molecule has 25 heavy (non-hydrogen) atoms. The van der Waals surface area contributed by atoms with Gasteiger partial charge in [-0.3, -0.25) is 9.59 Å². The Morgan fingerprint density at radius 1 is 1.16 bits per heavy atom. The smallest absolute Gasteiger partial charge is 0.303 e. The van der Waals surface area contributed by atoms with E-state index >= 15 is 0 Å². The Bertz CT molecular complexity index is 840. The monoisotopic (exact) mass is 387 g/mol. The normalized spacial score (nSPS) is 26.0. The maximum atomic E-state index is 11.5. The Labute approximate surface area is 153 Å². The van der Waals surface area contributed by atoms with E-state index in [0.29, 0.717) is 16.1 Å². The van der Waals surface area contributed by atoms with Crippen LogP contribution in [0.15, 0.2) is 12.5 Å². The van der Waals surface area contributed by atoms with Crippen molar-refractivity contribution in [2.45, 2.75) is 45.3 Å². The van der Waals surface area contributed by atoms with Crippen molar-refractivity contribution >= 4 is 46.2 Å². The molecule has 134 valence electrons. The Kier molecular flexibility index (Phi) is 4.86. The van der Waals surface area contributed by atoms with E-state index in [1.54, 1.807) is 17.7 Å². The molecule has 0 saturated carbocycles. The molecule has 1 aliphatic rings. The summed E-state index contributed by atoms with van der Waals surface area (Å²) in [5.74, 6) is -1.03. The fourth-order valence-electron chi connectivity index (χ4n) is 2.90. The number of halogens is 2. The summed E-state index contributed by atoms with van der Waals surface area (Å²) in [4.78, 5) is 31.0. The van der Waals surface area contributed by atoms with Gasteiger partial charge in [-0.05, 0) is 6.92 Å². The van der Waals surface area contributed by atoms with Crippen LogP contribution in [0, 0.1) is 0 Å². The Morgan fingerprint density at radius 2 is 1.80 bits per heavy atom. The number of nitrogens with zero attached hydrogens (tertiary/aromatic N) is 3. The number of rotatable bonds is 3. The zero-order valence-electron chi connectivity index (χ0n) is 13.6. The summed E-state index contributed by atoms with van der Waals surface area (Å²) in [5, 5.41) is 0.981. The highest BCUT2D eigenvalue weighted by Crippen LogP contribution is 2.38. The van der Waals surface area contributed by atoms with Gasteiger partial charge < -0.3 is 18.8 Å². The molecule has 0 aliphatic carbocycles. The standard InChI is InChI=1S/C15H15Cl2N3O5/c1-6-11(24-7(2)21)12(25-8(3)22)15(23-6)20-4-9(16)10-13(17)18-5-19-14(10)20/h4-6,11-12,15H,1-3H3/t6-,11-,12-,15-/m1/s1. The van der Waals surface area contributed by atoms with Crippen LogP contribution in [0.5, 0.6) is 0 Å². The van der Waals surface area contributed by atoms with Crippen LogP contribution in [0.1, 0.15) is 27.0 Å². The van der Waals surface area contributed by atoms with E-state index in [1.165, 1.54) is 20.2 Å². The first-order valence-corrected chi connectivity index (χ1v) is 8.21. The zero-order chi connectivity index (χ0) is 18.3. The minimum absolute atomic E-state index is 0.195. The van der Waals surface area contributed by atoms with Crippen LogP contribution in [0.2, 0.25) is 10.2 Å². The van der Waals surface area contributed by atoms with E-state index < -0.39 is 36.5 Å². The lowest BCUT2D eigenvalue weighted by Gasteiger charge is -2.23. The Morgan fingerprint density at radius 3 is 2.44 bits per heavy atom. The molecule has 10 heteroatoms. The number of hydrogen-bond donors (Lipinski definition) is 0. The van der Waals surface area contributed by atoms with Crippen LogP contribution >= 0.6 is 23.2 Å². The largest absolute Gasteiger partial charge is 0.456 e. The molecule has 3 heterocycles. The maximum absolute atomic E-state index is 11.5. The van der Waals surface area contributed by atoms with Gasteiger partial charge in [0.1, 0.15) is 17.1 Å². The van der Waals surface area contributed by atoms with Crippen LogP contribution in [-0.4, -0.2) is 44.8 Å². The average molecular weight is 388 g/mol. The van der Waals surface area contributed by atoms with Crippen molar-refractivity contribution in [1.29, 1.82) is 0 Å². The number of carbonyl (C=O) groups excluding carboxylic acids is 2. The molecule has 1 aliphatic heterocycles. The van der Waals surface area contributed by atoms with Crippen LogP contribution in [0.3, 0.4) is 0 Å². The van der Waals surface area contributed by atoms with E-state index in [4.69, 9.17) is 37.4 Å². The summed E-state index contributed by atoms with van der Waals surface area (Å²) in [6.07, 6.45) is -0.0652. The van der Waals surface area contributed by atoms with Gasteiger partial charge >= 0.3 is 11.9 Å². The SMILES string of the molecule is CC(=O)O[C@@H]1[C@H](OC(C)=O)[C@@H](C)O[C@H]1n1cc(Cl)c2c(Cl)ncnc21. The van der Waals surface area contributed by atoms with E-state index in [1.807, 2.05) is 0 Å². The molecule has 1 fully saturated rings. The molecular weight excluding hydrogens is 373 g/mol. The van der Waals surface area contributed by atoms with Crippen molar-refractivity contribution in [2.24, 2.45) is 0 Å². The van der Waals surface area contributed by atoms with E-state index in [2.05, 4.69) is 9.97 Å². The maximum Gasteiger partial charge on any atom is 0.303 e. The quantitative estimate of drug-likeness (QED) is 0.589. The second-order valence-electron chi connectivity index (χ2n) is 5.63. The van der Waals surface area contributed by atoms with Crippen LogP contribution < -0.4 is 0 Å². The lowest BCUT2D eigenvalue weighted by atomic mass is 10.1. The third kappa shape index (κ3) is 3.29. The van der Waals surface area contributed by atoms with Gasteiger partial charge in [-0.25, -0.2) is 9.97 Å². The number of carbonyl (C=O) groups is 2. The molecule has 0 unspecified atom stereocenters. The summed E-state index contributed by atoms with van der Waals surface area (Å²) in [7, 11) is 0. The predicted molar refractivity (Wildman–Crippen MR) is 88.2 cm³/mol. The first-order valence-electron chi connectivity index (χ1n) is 7.46. The summed E-state index contributed by atoms with van der Waals surface area (Å²) < 4.78 is 18.1. The zero-order valence-corrected chi connectivity index (χ0v) is 15.1. The summed E-state index contributed by atoms with van der Waals surface area (Å²) >= 11 is 12.3. The minimum atomic E-state index is -0.864. The molecule has 0 spiro atoms. The number of fused-ring (bicyclic) bond motifs is 1. The highest BCUT2D eigenvalue weighted by Gasteiger charge is 2.48. The van der Waals surface area contributed by atoms with Gasteiger partial charge in [0.15, 0.2) is 18.4 Å². The molecule has 0 bridgehead atoms. The van der Waals surface area contributed by atoms with Gasteiger partial charge in [0.25, 0.3) is 0 Å². The Hall–Kier alpha value is -1.90. The number of aromatic nitrogens is 3. The lowest BCUT2D eigenvalue weighted by Crippen LogP contribution is -2.38. The second-order valence-corrected chi connectivity index (χ2v) is 6.39. The molecule has 4 atom stereocenters. The van der Waals surface area contributed by atoms with Crippen molar-refractivity contribution in [2.75, 3.05) is 0 Å². The predicted octanol–water partition coefficient (Wildman–Crippen LogP) is 2.52. The lowest BCUT2D eigenvalue weighted by molar-refractivity contribution is -0.165. The molecule has 0 amide bonds. The molecule has 2 aromatic heterocycles. The number of ether oxygens (including phenoxy) is 3. The molecule has 0 N–H and O–H groups in total. The van der Waals surface area contributed by atoms with Crippen LogP contribution in [0.4, 0.5) is 0 Å². The summed E-state index contributed by atoms with van der Waals surface area (Å²) in [6, 6.07) is 0. The van der Waals surface area contributed by atoms with Gasteiger partial charge in [-0.2, -0.15) is 0 Å². The highest BCUT2D eigenvalue weighted by molar-refractivity contribution is 6.41. The Balaban J connectivity index is 2.07. The van der Waals surface area contributed by atoms with Gasteiger partial charge in [0, 0.05) is 20.0 Å². The van der Waals surface area contributed by atoms with E-state index in [0.717, 1.165) is 0 Å². The molecule has 0 aromatic carbocycles. The topological polar surface area (TPSA) is 92.5 Å². The molecule has 8 nitrogen and oxygen atoms in total. The summed E-state index contributed by atoms with van der Waals surface area (Å²) in [6.45, 7) is 4.27. The molecule has 0 radical (unpaired) electrons. The second kappa shape index (κ2) is 6.78. The van der Waals surface area contributed by atoms with Crippen molar-refractivity contribution in [3.63, 3.8) is 0 Å². The third-order valence-electron chi connectivity index (χ3n) is 3.82.